The predicted molar refractivity (Wildman–Crippen MR) is 149 cm³/mol. The Bertz CT molecular complexity index is 1200. The van der Waals surface area contributed by atoms with E-state index in [9.17, 15) is 14.4 Å². The molecule has 0 unspecified atom stereocenters. The fourth-order valence-electron chi connectivity index (χ4n) is 4.53. The van der Waals surface area contributed by atoms with Crippen LogP contribution in [0.5, 0.6) is 0 Å². The van der Waals surface area contributed by atoms with Gasteiger partial charge in [0.1, 0.15) is 10.9 Å². The number of thioether (sulfide) groups is 1. The third-order valence-electron chi connectivity index (χ3n) is 6.62. The first kappa shape index (κ1) is 26.1. The van der Waals surface area contributed by atoms with Crippen molar-refractivity contribution in [3.05, 3.63) is 70.6 Å². The van der Waals surface area contributed by atoms with Crippen LogP contribution in [0.15, 0.2) is 59.5 Å². The zero-order chi connectivity index (χ0) is 25.7. The molecule has 0 aromatic heterocycles. The molecule has 1 N–H and O–H groups in total. The minimum Gasteiger partial charge on any atom is -0.350 e. The summed E-state index contributed by atoms with van der Waals surface area (Å²) in [6, 6.07) is 16.9. The number of nitrogens with one attached hydrogen (secondary N) is 1. The van der Waals surface area contributed by atoms with E-state index in [4.69, 9.17) is 12.2 Å². The Hall–Kier alpha value is -2.97. The van der Waals surface area contributed by atoms with Crippen molar-refractivity contribution in [1.82, 2.24) is 10.2 Å². The van der Waals surface area contributed by atoms with Crippen molar-refractivity contribution in [2.45, 2.75) is 46.1 Å². The highest BCUT2D eigenvalue weighted by Crippen LogP contribution is 2.44. The predicted octanol–water partition coefficient (Wildman–Crippen LogP) is 5.14. The van der Waals surface area contributed by atoms with E-state index in [1.807, 2.05) is 54.6 Å². The van der Waals surface area contributed by atoms with E-state index in [1.165, 1.54) is 16.7 Å². The van der Waals surface area contributed by atoms with Crippen LogP contribution in [-0.2, 0) is 20.9 Å². The summed E-state index contributed by atoms with van der Waals surface area (Å²) >= 11 is 6.76. The van der Waals surface area contributed by atoms with Gasteiger partial charge in [-0.15, -0.1) is 0 Å². The fraction of sp³-hybridized carbons (Fsp3) is 0.357. The van der Waals surface area contributed by atoms with Gasteiger partial charge in [0.2, 0.25) is 5.91 Å². The molecule has 36 heavy (non-hydrogen) atoms. The monoisotopic (exact) mass is 521 g/mol. The number of carbonyl (C=O) groups is 3. The van der Waals surface area contributed by atoms with Gasteiger partial charge in [0.25, 0.3) is 11.8 Å². The van der Waals surface area contributed by atoms with Gasteiger partial charge in [-0.3, -0.25) is 24.2 Å². The molecular weight excluding hydrogens is 490 g/mol. The van der Waals surface area contributed by atoms with Crippen LogP contribution in [0.1, 0.15) is 50.7 Å². The van der Waals surface area contributed by atoms with Crippen molar-refractivity contribution in [1.29, 1.82) is 0 Å². The van der Waals surface area contributed by atoms with Gasteiger partial charge < -0.3 is 5.32 Å². The van der Waals surface area contributed by atoms with Gasteiger partial charge in [0.15, 0.2) is 0 Å². The maximum atomic E-state index is 13.6. The van der Waals surface area contributed by atoms with Gasteiger partial charge in [-0.1, -0.05) is 106 Å². The number of unbranched alkanes of at least 4 members (excludes halogenated alkanes) is 1. The summed E-state index contributed by atoms with van der Waals surface area (Å²) in [5.74, 6) is -0.455. The minimum absolute atomic E-state index is 0.124. The van der Waals surface area contributed by atoms with Crippen LogP contribution >= 0.6 is 24.0 Å². The molecule has 1 fully saturated rings. The summed E-state index contributed by atoms with van der Waals surface area (Å²) in [4.78, 5) is 43.3. The Balaban J connectivity index is 1.55. The number of carbonyl (C=O) groups excluding carboxylic acids is 3. The van der Waals surface area contributed by atoms with E-state index >= 15 is 0 Å². The number of amides is 3. The van der Waals surface area contributed by atoms with Gasteiger partial charge in [-0.05, 0) is 24.0 Å². The first-order valence-electron chi connectivity index (χ1n) is 12.4. The highest BCUT2D eigenvalue weighted by Gasteiger charge is 2.42. The summed E-state index contributed by atoms with van der Waals surface area (Å²) < 4.78 is 0.488. The lowest BCUT2D eigenvalue weighted by Gasteiger charge is -2.21. The van der Waals surface area contributed by atoms with Crippen molar-refractivity contribution in [2.24, 2.45) is 5.92 Å². The van der Waals surface area contributed by atoms with Crippen molar-refractivity contribution in [2.75, 3.05) is 18.0 Å². The maximum Gasteiger partial charge on any atom is 0.267 e. The Morgan fingerprint density at radius 3 is 2.44 bits per heavy atom. The maximum absolute atomic E-state index is 13.6. The van der Waals surface area contributed by atoms with Crippen LogP contribution in [0, 0.1) is 5.92 Å². The van der Waals surface area contributed by atoms with E-state index in [2.05, 4.69) is 19.2 Å². The average Bonchev–Trinajstić information content (AvgIpc) is 3.32. The molecule has 2 heterocycles. The van der Waals surface area contributed by atoms with Crippen molar-refractivity contribution in [3.63, 3.8) is 0 Å². The number of hydrogen-bond acceptors (Lipinski definition) is 5. The van der Waals surface area contributed by atoms with E-state index in [0.717, 1.165) is 31.2 Å². The number of para-hydroxylation sites is 1. The lowest BCUT2D eigenvalue weighted by atomic mass is 9.98. The van der Waals surface area contributed by atoms with Crippen LogP contribution in [0.4, 0.5) is 5.69 Å². The Kier molecular flexibility index (Phi) is 8.59. The SMILES string of the molecule is CCCC[C@@H](CC)CN1C(=O)/C(=C2/C(=O)N(CC(=O)NCc3ccccc3)c3ccccc32)SC1=S. The zero-order valence-corrected chi connectivity index (χ0v) is 22.3. The number of hydrogen-bond donors (Lipinski definition) is 1. The lowest BCUT2D eigenvalue weighted by Crippen LogP contribution is -2.38. The van der Waals surface area contributed by atoms with Gasteiger partial charge in [-0.2, -0.15) is 0 Å². The lowest BCUT2D eigenvalue weighted by molar-refractivity contribution is -0.123. The molecular formula is C28H31N3O3S2. The normalized spacial score (nSPS) is 18.1. The molecule has 0 bridgehead atoms. The molecule has 4 rings (SSSR count). The van der Waals surface area contributed by atoms with Crippen LogP contribution in [-0.4, -0.2) is 40.0 Å². The molecule has 0 spiro atoms. The smallest absolute Gasteiger partial charge is 0.267 e. The number of benzene rings is 2. The fourth-order valence-corrected chi connectivity index (χ4v) is 5.88. The Morgan fingerprint density at radius 1 is 1.00 bits per heavy atom. The quantitative estimate of drug-likeness (QED) is 0.346. The van der Waals surface area contributed by atoms with Gasteiger partial charge in [0.05, 0.1) is 16.2 Å². The molecule has 6 nitrogen and oxygen atoms in total. The van der Waals surface area contributed by atoms with Crippen molar-refractivity contribution < 1.29 is 14.4 Å². The van der Waals surface area contributed by atoms with Crippen LogP contribution < -0.4 is 10.2 Å². The van der Waals surface area contributed by atoms with Crippen molar-refractivity contribution >= 4 is 57.3 Å². The van der Waals surface area contributed by atoms with Crippen LogP contribution in [0.2, 0.25) is 0 Å². The third-order valence-corrected chi connectivity index (χ3v) is 8.07. The second-order valence-electron chi connectivity index (χ2n) is 9.08. The van der Waals surface area contributed by atoms with E-state index in [-0.39, 0.29) is 24.3 Å². The first-order chi connectivity index (χ1) is 17.4. The highest BCUT2D eigenvalue weighted by atomic mass is 32.2. The number of nitrogens with zero attached hydrogens (tertiary/aromatic N) is 2. The molecule has 0 saturated carbocycles. The topological polar surface area (TPSA) is 69.7 Å². The van der Waals surface area contributed by atoms with Crippen molar-refractivity contribution in [3.8, 4) is 0 Å². The summed E-state index contributed by atoms with van der Waals surface area (Å²) in [5.41, 5.74) is 2.61. The molecule has 1 saturated heterocycles. The van der Waals surface area contributed by atoms with Gasteiger partial charge in [0, 0.05) is 18.7 Å². The van der Waals surface area contributed by atoms with E-state index in [0.29, 0.717) is 45.1 Å². The highest BCUT2D eigenvalue weighted by molar-refractivity contribution is 8.26. The average molecular weight is 522 g/mol. The second-order valence-corrected chi connectivity index (χ2v) is 10.7. The Labute approximate surface area is 222 Å². The van der Waals surface area contributed by atoms with Gasteiger partial charge >= 0.3 is 0 Å². The Morgan fingerprint density at radius 2 is 1.72 bits per heavy atom. The summed E-state index contributed by atoms with van der Waals surface area (Å²) in [7, 11) is 0. The summed E-state index contributed by atoms with van der Waals surface area (Å²) in [5, 5.41) is 2.88. The van der Waals surface area contributed by atoms with Gasteiger partial charge in [-0.25, -0.2) is 0 Å². The first-order valence-corrected chi connectivity index (χ1v) is 13.7. The minimum atomic E-state index is -0.343. The van der Waals surface area contributed by atoms with E-state index < -0.39 is 0 Å². The molecule has 3 amide bonds. The third kappa shape index (κ3) is 5.55. The summed E-state index contributed by atoms with van der Waals surface area (Å²) in [6.45, 7) is 5.12. The molecule has 2 aliphatic heterocycles. The number of anilines is 1. The number of thiocarbonyl (C=S) groups is 1. The molecule has 2 aromatic rings. The zero-order valence-electron chi connectivity index (χ0n) is 20.7. The standard InChI is InChI=1S/C28H31N3O3S2/c1-3-5-11-19(4-2)17-31-27(34)25(36-28(31)35)24-21-14-9-10-15-22(21)30(26(24)33)18-23(32)29-16-20-12-7-6-8-13-20/h6-10,12-15,19H,3-5,11,16-18H2,1-2H3,(H,29,32)/b25-24-/t19-/m1/s1. The number of rotatable bonds is 10. The largest absolute Gasteiger partial charge is 0.350 e. The summed E-state index contributed by atoms with van der Waals surface area (Å²) in [6.07, 6.45) is 4.24. The molecule has 2 aliphatic rings. The number of fused-ring (bicyclic) bond motifs is 1. The van der Waals surface area contributed by atoms with E-state index in [1.54, 1.807) is 4.90 Å². The molecule has 0 aliphatic carbocycles. The molecule has 8 heteroatoms. The molecule has 0 radical (unpaired) electrons. The molecule has 1 atom stereocenters. The molecule has 2 aromatic carbocycles. The van der Waals surface area contributed by atoms with Crippen LogP contribution in [0.25, 0.3) is 5.57 Å². The van der Waals surface area contributed by atoms with Crippen LogP contribution in [0.3, 0.4) is 0 Å². The molecule has 188 valence electrons. The second kappa shape index (κ2) is 11.8.